The lowest BCUT2D eigenvalue weighted by molar-refractivity contribution is 0.583. The lowest BCUT2D eigenvalue weighted by Gasteiger charge is -2.02. The van der Waals surface area contributed by atoms with Gasteiger partial charge in [0.05, 0.1) is 11.5 Å². The van der Waals surface area contributed by atoms with Gasteiger partial charge in [-0.3, -0.25) is 5.10 Å². The molecule has 0 saturated heterocycles. The molecule has 9 heteroatoms. The van der Waals surface area contributed by atoms with Gasteiger partial charge in [-0.15, -0.1) is 0 Å². The highest BCUT2D eigenvalue weighted by Crippen LogP contribution is 1.89. The molecular formula is C5H9N5O2S2. The maximum absolute atomic E-state index is 11.2. The minimum atomic E-state index is -3.46. The molecule has 78 valence electrons. The molecule has 0 radical (unpaired) electrons. The van der Waals surface area contributed by atoms with Crippen molar-refractivity contribution < 1.29 is 8.42 Å². The zero-order valence-corrected chi connectivity index (χ0v) is 8.73. The van der Waals surface area contributed by atoms with Crippen molar-refractivity contribution in [3.8, 4) is 0 Å². The van der Waals surface area contributed by atoms with Crippen molar-refractivity contribution >= 4 is 27.2 Å². The fraction of sp³-hybridized carbons (Fsp3) is 0.400. The number of nitrogens with zero attached hydrogens (tertiary/aromatic N) is 2. The second kappa shape index (κ2) is 4.44. The lowest BCUT2D eigenvalue weighted by atomic mass is 10.6. The van der Waals surface area contributed by atoms with Gasteiger partial charge in [0.25, 0.3) is 0 Å². The summed E-state index contributed by atoms with van der Waals surface area (Å²) >= 11 is 4.48. The molecule has 0 aliphatic rings. The highest BCUT2D eigenvalue weighted by molar-refractivity contribution is 7.92. The minimum absolute atomic E-state index is 0.0466. The standard InChI is InChI=1S/C5H9N5O2S2/c6-4(13)2-14(11,12)9-1-5-7-3-8-10-5/h3,9H,1-2H2,(H2,6,13)(H,7,8,10). The quantitative estimate of drug-likeness (QED) is 0.536. The van der Waals surface area contributed by atoms with Crippen LogP contribution in [0.4, 0.5) is 0 Å². The van der Waals surface area contributed by atoms with Gasteiger partial charge >= 0.3 is 0 Å². The van der Waals surface area contributed by atoms with E-state index in [9.17, 15) is 8.42 Å². The Labute approximate surface area is 86.2 Å². The summed E-state index contributed by atoms with van der Waals surface area (Å²) in [5.74, 6) is 0.0627. The SMILES string of the molecule is NC(=S)CS(=O)(=O)NCc1ncn[nH]1. The fourth-order valence-corrected chi connectivity index (χ4v) is 2.03. The van der Waals surface area contributed by atoms with E-state index < -0.39 is 10.0 Å². The average molecular weight is 235 g/mol. The van der Waals surface area contributed by atoms with Crippen LogP contribution in [0.3, 0.4) is 0 Å². The van der Waals surface area contributed by atoms with E-state index in [1.165, 1.54) is 6.33 Å². The van der Waals surface area contributed by atoms with Gasteiger partial charge in [0.1, 0.15) is 17.9 Å². The molecule has 0 unspecified atom stereocenters. The van der Waals surface area contributed by atoms with Gasteiger partial charge in [0.15, 0.2) is 0 Å². The summed E-state index contributed by atoms with van der Waals surface area (Å²) in [6, 6.07) is 0. The summed E-state index contributed by atoms with van der Waals surface area (Å²) in [5.41, 5.74) is 5.10. The number of aromatic nitrogens is 3. The molecule has 1 aromatic rings. The maximum Gasteiger partial charge on any atom is 0.218 e. The van der Waals surface area contributed by atoms with Crippen molar-refractivity contribution in [3.05, 3.63) is 12.2 Å². The smallest absolute Gasteiger partial charge is 0.218 e. The molecule has 0 fully saturated rings. The first-order valence-electron chi connectivity index (χ1n) is 3.59. The van der Waals surface area contributed by atoms with Crippen LogP contribution in [-0.4, -0.2) is 34.3 Å². The average Bonchev–Trinajstić information content (AvgIpc) is 2.50. The van der Waals surface area contributed by atoms with Crippen molar-refractivity contribution in [2.75, 3.05) is 5.75 Å². The Hall–Kier alpha value is -1.06. The van der Waals surface area contributed by atoms with Crippen LogP contribution in [0.25, 0.3) is 0 Å². The van der Waals surface area contributed by atoms with Crippen molar-refractivity contribution in [2.45, 2.75) is 6.54 Å². The van der Waals surface area contributed by atoms with Crippen molar-refractivity contribution in [1.29, 1.82) is 0 Å². The first-order valence-corrected chi connectivity index (χ1v) is 5.65. The van der Waals surface area contributed by atoms with E-state index in [1.807, 2.05) is 0 Å². The summed E-state index contributed by atoms with van der Waals surface area (Å²) in [5, 5.41) is 6.07. The van der Waals surface area contributed by atoms with Crippen LogP contribution < -0.4 is 10.5 Å². The van der Waals surface area contributed by atoms with Crippen molar-refractivity contribution in [3.63, 3.8) is 0 Å². The van der Waals surface area contributed by atoms with Gasteiger partial charge in [0, 0.05) is 0 Å². The Balaban J connectivity index is 2.49. The molecule has 1 heterocycles. The van der Waals surface area contributed by atoms with Gasteiger partial charge in [0.2, 0.25) is 10.0 Å². The van der Waals surface area contributed by atoms with E-state index in [0.29, 0.717) is 5.82 Å². The number of nitrogens with one attached hydrogen (secondary N) is 2. The molecule has 0 aliphatic heterocycles. The van der Waals surface area contributed by atoms with Crippen LogP contribution in [0.2, 0.25) is 0 Å². The van der Waals surface area contributed by atoms with E-state index in [4.69, 9.17) is 5.73 Å². The van der Waals surface area contributed by atoms with Gasteiger partial charge in [-0.1, -0.05) is 12.2 Å². The van der Waals surface area contributed by atoms with Gasteiger partial charge in [-0.25, -0.2) is 18.1 Å². The third-order valence-electron chi connectivity index (χ3n) is 1.26. The Kier molecular flexibility index (Phi) is 3.49. The normalized spacial score (nSPS) is 11.4. The largest absolute Gasteiger partial charge is 0.392 e. The molecule has 0 atom stereocenters. The second-order valence-corrected chi connectivity index (χ2v) is 4.81. The number of sulfonamides is 1. The molecule has 7 nitrogen and oxygen atoms in total. The molecule has 0 bridgehead atoms. The zero-order chi connectivity index (χ0) is 10.6. The number of aromatic amines is 1. The Morgan fingerprint density at radius 1 is 1.71 bits per heavy atom. The van der Waals surface area contributed by atoms with Crippen LogP contribution in [0.5, 0.6) is 0 Å². The number of hydrogen-bond acceptors (Lipinski definition) is 5. The zero-order valence-electron chi connectivity index (χ0n) is 7.10. The first kappa shape index (κ1) is 11.0. The van der Waals surface area contributed by atoms with E-state index >= 15 is 0 Å². The third kappa shape index (κ3) is 3.77. The van der Waals surface area contributed by atoms with Crippen LogP contribution in [0.15, 0.2) is 6.33 Å². The molecule has 1 rings (SSSR count). The number of nitrogens with two attached hydrogens (primary N) is 1. The molecule has 4 N–H and O–H groups in total. The van der Waals surface area contributed by atoms with Crippen molar-refractivity contribution in [1.82, 2.24) is 19.9 Å². The Morgan fingerprint density at radius 3 is 2.93 bits per heavy atom. The predicted molar refractivity (Wildman–Crippen MR) is 53.8 cm³/mol. The summed E-state index contributed by atoms with van der Waals surface area (Å²) < 4.78 is 24.7. The lowest BCUT2D eigenvalue weighted by Crippen LogP contribution is -2.32. The molecular weight excluding hydrogens is 226 g/mol. The van der Waals surface area contributed by atoms with Crippen LogP contribution >= 0.6 is 12.2 Å². The minimum Gasteiger partial charge on any atom is -0.392 e. The van der Waals surface area contributed by atoms with Crippen LogP contribution in [-0.2, 0) is 16.6 Å². The second-order valence-electron chi connectivity index (χ2n) is 2.48. The molecule has 0 aromatic carbocycles. The summed E-state index contributed by atoms with van der Waals surface area (Å²) in [6.07, 6.45) is 1.29. The van der Waals surface area contributed by atoms with Gasteiger partial charge in [-0.2, -0.15) is 5.10 Å². The highest BCUT2D eigenvalue weighted by atomic mass is 32.2. The van der Waals surface area contributed by atoms with Gasteiger partial charge < -0.3 is 5.73 Å². The van der Waals surface area contributed by atoms with E-state index in [1.54, 1.807) is 0 Å². The summed E-state index contributed by atoms with van der Waals surface area (Å²) in [6.45, 7) is 0.0466. The summed E-state index contributed by atoms with van der Waals surface area (Å²) in [7, 11) is -3.46. The van der Waals surface area contributed by atoms with E-state index in [-0.39, 0.29) is 17.3 Å². The number of hydrogen-bond donors (Lipinski definition) is 3. The molecule has 14 heavy (non-hydrogen) atoms. The fourth-order valence-electron chi connectivity index (χ4n) is 0.733. The molecule has 0 amide bonds. The monoisotopic (exact) mass is 235 g/mol. The number of thiocarbonyl (C=S) groups is 1. The van der Waals surface area contributed by atoms with Crippen molar-refractivity contribution in [2.24, 2.45) is 5.73 Å². The van der Waals surface area contributed by atoms with Crippen LogP contribution in [0, 0.1) is 0 Å². The topological polar surface area (TPSA) is 114 Å². The highest BCUT2D eigenvalue weighted by Gasteiger charge is 2.11. The summed E-state index contributed by atoms with van der Waals surface area (Å²) in [4.78, 5) is 3.67. The van der Waals surface area contributed by atoms with Gasteiger partial charge in [-0.05, 0) is 0 Å². The maximum atomic E-state index is 11.2. The first-order chi connectivity index (χ1) is 6.49. The van der Waals surface area contributed by atoms with E-state index in [0.717, 1.165) is 0 Å². The number of rotatable bonds is 5. The molecule has 0 aliphatic carbocycles. The predicted octanol–water partition coefficient (Wildman–Crippen LogP) is -1.49. The Morgan fingerprint density at radius 2 is 2.43 bits per heavy atom. The molecule has 1 aromatic heterocycles. The molecule has 0 saturated carbocycles. The third-order valence-corrected chi connectivity index (χ3v) is 2.86. The molecule has 0 spiro atoms. The number of H-pyrrole nitrogens is 1. The van der Waals surface area contributed by atoms with E-state index in [2.05, 4.69) is 32.1 Å². The van der Waals surface area contributed by atoms with Crippen LogP contribution in [0.1, 0.15) is 5.82 Å². The Bertz CT molecular complexity index is 398.